The lowest BCUT2D eigenvalue weighted by Gasteiger charge is -2.15. The Morgan fingerprint density at radius 3 is 1.89 bits per heavy atom. The van der Waals surface area contributed by atoms with E-state index < -0.39 is 0 Å². The monoisotopic (exact) mass is 131 g/mol. The average Bonchev–Trinajstić information content (AvgIpc) is 1.63. The van der Waals surface area contributed by atoms with Crippen molar-refractivity contribution < 1.29 is 5.11 Å². The second-order valence-corrected chi connectivity index (χ2v) is 3.06. The van der Waals surface area contributed by atoms with Crippen LogP contribution in [-0.4, -0.2) is 17.3 Å². The summed E-state index contributed by atoms with van der Waals surface area (Å²) in [5, 5.41) is 9.17. The van der Waals surface area contributed by atoms with Crippen molar-refractivity contribution >= 4 is 0 Å². The van der Waals surface area contributed by atoms with Crippen molar-refractivity contribution in [3.63, 3.8) is 0 Å². The van der Waals surface area contributed by atoms with E-state index in [1.807, 2.05) is 6.92 Å². The Morgan fingerprint density at radius 2 is 1.78 bits per heavy atom. The highest BCUT2D eigenvalue weighted by Crippen LogP contribution is 2.05. The lowest BCUT2D eigenvalue weighted by Crippen LogP contribution is -2.32. The summed E-state index contributed by atoms with van der Waals surface area (Å²) >= 11 is 0. The molecule has 0 aromatic rings. The quantitative estimate of drug-likeness (QED) is 0.593. The van der Waals surface area contributed by atoms with E-state index in [0.717, 1.165) is 6.42 Å². The summed E-state index contributed by atoms with van der Waals surface area (Å²) in [5.74, 6) is 0.533. The van der Waals surface area contributed by atoms with Gasteiger partial charge in [0.15, 0.2) is 0 Å². The van der Waals surface area contributed by atoms with Gasteiger partial charge in [-0.25, -0.2) is 0 Å². The highest BCUT2D eigenvalue weighted by Gasteiger charge is 2.10. The molecule has 56 valence electrons. The van der Waals surface area contributed by atoms with Crippen LogP contribution >= 0.6 is 0 Å². The van der Waals surface area contributed by atoms with Crippen LogP contribution in [0.1, 0.15) is 27.2 Å². The standard InChI is InChI=1S/C7H17NO/c1-5(2)4-7(9)6(3)8/h5-7,9H,4,8H2,1-3H3. The van der Waals surface area contributed by atoms with Gasteiger partial charge in [-0.05, 0) is 19.3 Å². The zero-order valence-corrected chi connectivity index (χ0v) is 6.46. The van der Waals surface area contributed by atoms with E-state index in [4.69, 9.17) is 5.73 Å². The zero-order chi connectivity index (χ0) is 7.44. The molecule has 2 nitrogen and oxygen atoms in total. The summed E-state index contributed by atoms with van der Waals surface area (Å²) in [6.45, 7) is 5.98. The first-order chi connectivity index (χ1) is 4.04. The van der Waals surface area contributed by atoms with Crippen molar-refractivity contribution in [2.75, 3.05) is 0 Å². The Bertz CT molecular complexity index is 71.3. The van der Waals surface area contributed by atoms with Crippen molar-refractivity contribution in [1.29, 1.82) is 0 Å². The molecule has 0 aliphatic rings. The highest BCUT2D eigenvalue weighted by atomic mass is 16.3. The number of hydrogen-bond donors (Lipinski definition) is 2. The Balaban J connectivity index is 3.38. The fourth-order valence-electron chi connectivity index (χ4n) is 0.698. The third-order valence-corrected chi connectivity index (χ3v) is 1.32. The van der Waals surface area contributed by atoms with Crippen LogP contribution in [0.5, 0.6) is 0 Å². The van der Waals surface area contributed by atoms with Crippen LogP contribution in [0.3, 0.4) is 0 Å². The number of aliphatic hydroxyl groups is 1. The van der Waals surface area contributed by atoms with Crippen molar-refractivity contribution in [1.82, 2.24) is 0 Å². The minimum Gasteiger partial charge on any atom is -0.392 e. The van der Waals surface area contributed by atoms with Crippen molar-refractivity contribution in [2.45, 2.75) is 39.3 Å². The first-order valence-corrected chi connectivity index (χ1v) is 3.47. The van der Waals surface area contributed by atoms with Gasteiger partial charge >= 0.3 is 0 Å². The van der Waals surface area contributed by atoms with Crippen LogP contribution < -0.4 is 5.73 Å². The first kappa shape index (κ1) is 8.92. The molecule has 0 aliphatic carbocycles. The van der Waals surface area contributed by atoms with Crippen molar-refractivity contribution in [2.24, 2.45) is 11.7 Å². The first-order valence-electron chi connectivity index (χ1n) is 3.47. The minimum atomic E-state index is -0.329. The van der Waals surface area contributed by atoms with Gasteiger partial charge < -0.3 is 10.8 Å². The maximum absolute atomic E-state index is 9.17. The van der Waals surface area contributed by atoms with E-state index in [-0.39, 0.29) is 12.1 Å². The topological polar surface area (TPSA) is 46.2 Å². The largest absolute Gasteiger partial charge is 0.392 e. The molecule has 0 aromatic carbocycles. The second-order valence-electron chi connectivity index (χ2n) is 3.06. The molecule has 0 radical (unpaired) electrons. The van der Waals surface area contributed by atoms with Gasteiger partial charge in [0.1, 0.15) is 0 Å². The highest BCUT2D eigenvalue weighted by molar-refractivity contribution is 4.67. The SMILES string of the molecule is CC(C)CC(O)C(C)N. The van der Waals surface area contributed by atoms with Gasteiger partial charge in [-0.15, -0.1) is 0 Å². The molecule has 0 rings (SSSR count). The minimum absolute atomic E-state index is 0.0904. The molecular formula is C7H17NO. The van der Waals surface area contributed by atoms with Crippen molar-refractivity contribution in [3.8, 4) is 0 Å². The maximum atomic E-state index is 9.17. The van der Waals surface area contributed by atoms with Crippen LogP contribution in [0.4, 0.5) is 0 Å². The molecule has 0 saturated carbocycles. The Labute approximate surface area is 57.1 Å². The predicted molar refractivity (Wildman–Crippen MR) is 39.1 cm³/mol. The van der Waals surface area contributed by atoms with Crippen molar-refractivity contribution in [3.05, 3.63) is 0 Å². The van der Waals surface area contributed by atoms with E-state index in [2.05, 4.69) is 13.8 Å². The number of aliphatic hydroxyl groups excluding tert-OH is 1. The lowest BCUT2D eigenvalue weighted by molar-refractivity contribution is 0.127. The summed E-state index contributed by atoms with van der Waals surface area (Å²) in [7, 11) is 0. The summed E-state index contributed by atoms with van der Waals surface area (Å²) in [5.41, 5.74) is 5.43. The van der Waals surface area contributed by atoms with E-state index in [1.165, 1.54) is 0 Å². The Hall–Kier alpha value is -0.0800. The molecular weight excluding hydrogens is 114 g/mol. The molecule has 0 aliphatic heterocycles. The van der Waals surface area contributed by atoms with Gasteiger partial charge in [0, 0.05) is 6.04 Å². The van der Waals surface area contributed by atoms with Crippen LogP contribution in [0.15, 0.2) is 0 Å². The van der Waals surface area contributed by atoms with Crippen LogP contribution in [0, 0.1) is 5.92 Å². The lowest BCUT2D eigenvalue weighted by atomic mass is 10.0. The number of hydrogen-bond acceptors (Lipinski definition) is 2. The summed E-state index contributed by atoms with van der Waals surface area (Å²) in [6.07, 6.45) is 0.475. The molecule has 0 heterocycles. The van der Waals surface area contributed by atoms with Gasteiger partial charge in [-0.3, -0.25) is 0 Å². The van der Waals surface area contributed by atoms with Gasteiger partial charge in [-0.1, -0.05) is 13.8 Å². The van der Waals surface area contributed by atoms with E-state index in [0.29, 0.717) is 5.92 Å². The van der Waals surface area contributed by atoms with Crippen LogP contribution in [-0.2, 0) is 0 Å². The number of rotatable bonds is 3. The zero-order valence-electron chi connectivity index (χ0n) is 6.46. The molecule has 2 unspecified atom stereocenters. The van der Waals surface area contributed by atoms with Gasteiger partial charge in [-0.2, -0.15) is 0 Å². The molecule has 0 aromatic heterocycles. The fraction of sp³-hybridized carbons (Fsp3) is 1.00. The smallest absolute Gasteiger partial charge is 0.0690 e. The van der Waals surface area contributed by atoms with Crippen LogP contribution in [0.25, 0.3) is 0 Å². The Kier molecular flexibility index (Phi) is 3.82. The molecule has 2 atom stereocenters. The molecule has 0 spiro atoms. The van der Waals surface area contributed by atoms with E-state index >= 15 is 0 Å². The molecule has 0 saturated heterocycles. The molecule has 0 bridgehead atoms. The summed E-state index contributed by atoms with van der Waals surface area (Å²) < 4.78 is 0. The predicted octanol–water partition coefficient (Wildman–Crippen LogP) is 0.741. The maximum Gasteiger partial charge on any atom is 0.0690 e. The molecule has 9 heavy (non-hydrogen) atoms. The Morgan fingerprint density at radius 1 is 1.33 bits per heavy atom. The molecule has 0 amide bonds. The van der Waals surface area contributed by atoms with Gasteiger partial charge in [0.05, 0.1) is 6.10 Å². The molecule has 0 fully saturated rings. The third kappa shape index (κ3) is 4.43. The summed E-state index contributed by atoms with van der Waals surface area (Å²) in [6, 6.07) is -0.0904. The molecule has 2 heteroatoms. The second kappa shape index (κ2) is 3.85. The summed E-state index contributed by atoms with van der Waals surface area (Å²) in [4.78, 5) is 0. The average molecular weight is 131 g/mol. The third-order valence-electron chi connectivity index (χ3n) is 1.32. The molecule has 3 N–H and O–H groups in total. The van der Waals surface area contributed by atoms with Gasteiger partial charge in [0.2, 0.25) is 0 Å². The van der Waals surface area contributed by atoms with Gasteiger partial charge in [0.25, 0.3) is 0 Å². The van der Waals surface area contributed by atoms with Crippen LogP contribution in [0.2, 0.25) is 0 Å². The normalized spacial score (nSPS) is 18.0. The number of nitrogens with two attached hydrogens (primary N) is 1. The fourth-order valence-corrected chi connectivity index (χ4v) is 0.698. The van der Waals surface area contributed by atoms with E-state index in [9.17, 15) is 5.11 Å². The van der Waals surface area contributed by atoms with E-state index in [1.54, 1.807) is 0 Å².